The Morgan fingerprint density at radius 3 is 2.21 bits per heavy atom. The van der Waals surface area contributed by atoms with Gasteiger partial charge in [-0.25, -0.2) is 0 Å². The maximum atomic E-state index is 13.4. The minimum Gasteiger partial charge on any atom is -0.497 e. The molecule has 1 aliphatic heterocycles. The number of carbonyl (C=O) groups excluding carboxylic acids is 2. The summed E-state index contributed by atoms with van der Waals surface area (Å²) >= 11 is 0. The van der Waals surface area contributed by atoms with E-state index in [0.717, 1.165) is 75.3 Å². The molecule has 3 saturated carbocycles. The fourth-order valence-corrected chi connectivity index (χ4v) is 5.07. The molecule has 0 unspecified atom stereocenters. The van der Waals surface area contributed by atoms with E-state index in [9.17, 15) is 9.59 Å². The summed E-state index contributed by atoms with van der Waals surface area (Å²) in [7, 11) is 1.66. The number of piperidine rings is 1. The standard InChI is InChI=1S/C24H32N2O3/c1-29-20-8-6-19(7-9-20)24(10-11-24)22(28)26-14-12-23(13-15-26,16-17-2-3-17)25-21(27)18-4-5-18/h6-9,17-18H,2-5,10-16H2,1H3,(H,25,27). The van der Waals surface area contributed by atoms with E-state index in [1.807, 2.05) is 24.3 Å². The first-order valence-electron chi connectivity index (χ1n) is 11.3. The Balaban J connectivity index is 1.26. The molecule has 1 saturated heterocycles. The van der Waals surface area contributed by atoms with Crippen molar-refractivity contribution in [2.24, 2.45) is 11.8 Å². The smallest absolute Gasteiger partial charge is 0.233 e. The number of hydrogen-bond donors (Lipinski definition) is 1. The quantitative estimate of drug-likeness (QED) is 0.768. The third-order valence-electron chi connectivity index (χ3n) is 7.52. The summed E-state index contributed by atoms with van der Waals surface area (Å²) in [4.78, 5) is 28.0. The van der Waals surface area contributed by atoms with Gasteiger partial charge in [-0.2, -0.15) is 0 Å². The number of carbonyl (C=O) groups is 2. The highest BCUT2D eigenvalue weighted by Gasteiger charge is 2.54. The second-order valence-electron chi connectivity index (χ2n) is 9.79. The summed E-state index contributed by atoms with van der Waals surface area (Å²) in [6.45, 7) is 1.52. The Morgan fingerprint density at radius 1 is 1.03 bits per heavy atom. The summed E-state index contributed by atoms with van der Waals surface area (Å²) in [5, 5.41) is 3.43. The number of methoxy groups -OCH3 is 1. The van der Waals surface area contributed by atoms with Crippen LogP contribution in [-0.2, 0) is 15.0 Å². The van der Waals surface area contributed by atoms with Gasteiger partial charge in [0.25, 0.3) is 0 Å². The van der Waals surface area contributed by atoms with Crippen LogP contribution in [0.15, 0.2) is 24.3 Å². The number of benzene rings is 1. The van der Waals surface area contributed by atoms with Gasteiger partial charge >= 0.3 is 0 Å². The van der Waals surface area contributed by atoms with Crippen LogP contribution in [-0.4, -0.2) is 42.5 Å². The number of likely N-dealkylation sites (tertiary alicyclic amines) is 1. The Kier molecular flexibility index (Phi) is 4.60. The molecule has 3 aliphatic carbocycles. The topological polar surface area (TPSA) is 58.6 Å². The monoisotopic (exact) mass is 396 g/mol. The average molecular weight is 397 g/mol. The van der Waals surface area contributed by atoms with Crippen molar-refractivity contribution in [3.63, 3.8) is 0 Å². The molecule has 1 aromatic carbocycles. The highest BCUT2D eigenvalue weighted by Crippen LogP contribution is 2.51. The van der Waals surface area contributed by atoms with Crippen molar-refractivity contribution in [2.75, 3.05) is 20.2 Å². The molecule has 0 bridgehead atoms. The molecule has 5 rings (SSSR count). The lowest BCUT2D eigenvalue weighted by atomic mass is 9.81. The van der Waals surface area contributed by atoms with Crippen LogP contribution in [0, 0.1) is 11.8 Å². The Labute approximate surface area is 173 Å². The van der Waals surface area contributed by atoms with Crippen LogP contribution >= 0.6 is 0 Å². The third-order valence-corrected chi connectivity index (χ3v) is 7.52. The summed E-state index contributed by atoms with van der Waals surface area (Å²) < 4.78 is 5.26. The van der Waals surface area contributed by atoms with Crippen molar-refractivity contribution < 1.29 is 14.3 Å². The molecule has 4 aliphatic rings. The molecule has 156 valence electrons. The second-order valence-corrected chi connectivity index (χ2v) is 9.79. The maximum Gasteiger partial charge on any atom is 0.233 e. The first-order chi connectivity index (χ1) is 14.0. The van der Waals surface area contributed by atoms with Gasteiger partial charge in [0, 0.05) is 24.5 Å². The lowest BCUT2D eigenvalue weighted by Gasteiger charge is -2.43. The summed E-state index contributed by atoms with van der Waals surface area (Å²) in [6.07, 6.45) is 9.42. The first-order valence-corrected chi connectivity index (χ1v) is 11.3. The molecule has 0 atom stereocenters. The molecule has 0 aromatic heterocycles. The Hall–Kier alpha value is -2.04. The van der Waals surface area contributed by atoms with Gasteiger partial charge < -0.3 is 15.0 Å². The maximum absolute atomic E-state index is 13.4. The minimum atomic E-state index is -0.333. The molecule has 1 heterocycles. The van der Waals surface area contributed by atoms with E-state index < -0.39 is 0 Å². The van der Waals surface area contributed by atoms with Crippen LogP contribution in [0.5, 0.6) is 5.75 Å². The second kappa shape index (κ2) is 7.03. The van der Waals surface area contributed by atoms with Gasteiger partial charge in [-0.3, -0.25) is 9.59 Å². The number of amides is 2. The third kappa shape index (κ3) is 3.76. The van der Waals surface area contributed by atoms with E-state index in [1.165, 1.54) is 12.8 Å². The van der Waals surface area contributed by atoms with E-state index in [0.29, 0.717) is 0 Å². The Morgan fingerprint density at radius 2 is 1.69 bits per heavy atom. The van der Waals surface area contributed by atoms with Crippen LogP contribution in [0.2, 0.25) is 0 Å². The molecule has 5 nitrogen and oxygen atoms in total. The van der Waals surface area contributed by atoms with E-state index in [2.05, 4.69) is 10.2 Å². The first kappa shape index (κ1) is 19.0. The van der Waals surface area contributed by atoms with Crippen LogP contribution < -0.4 is 10.1 Å². The zero-order chi connectivity index (χ0) is 20.1. The number of ether oxygens (including phenoxy) is 1. The fourth-order valence-electron chi connectivity index (χ4n) is 5.07. The van der Waals surface area contributed by atoms with Crippen molar-refractivity contribution in [3.05, 3.63) is 29.8 Å². The van der Waals surface area contributed by atoms with Gasteiger partial charge in [0.2, 0.25) is 11.8 Å². The van der Waals surface area contributed by atoms with E-state index in [4.69, 9.17) is 4.74 Å². The highest BCUT2D eigenvalue weighted by atomic mass is 16.5. The van der Waals surface area contributed by atoms with Crippen molar-refractivity contribution in [3.8, 4) is 5.75 Å². The lowest BCUT2D eigenvalue weighted by Crippen LogP contribution is -2.57. The summed E-state index contributed by atoms with van der Waals surface area (Å²) in [5.41, 5.74) is 0.689. The molecular formula is C24H32N2O3. The fraction of sp³-hybridized carbons (Fsp3) is 0.667. The van der Waals surface area contributed by atoms with Crippen molar-refractivity contribution in [1.29, 1.82) is 0 Å². The lowest BCUT2D eigenvalue weighted by molar-refractivity contribution is -0.136. The van der Waals surface area contributed by atoms with Gasteiger partial charge in [0.1, 0.15) is 5.75 Å². The normalized spacial score (nSPS) is 24.7. The summed E-state index contributed by atoms with van der Waals surface area (Å²) in [6, 6.07) is 7.99. The van der Waals surface area contributed by atoms with Crippen LogP contribution in [0.4, 0.5) is 0 Å². The SMILES string of the molecule is COc1ccc(C2(C(=O)N3CCC(CC4CC4)(NC(=O)C4CC4)CC3)CC2)cc1. The predicted molar refractivity (Wildman–Crippen MR) is 111 cm³/mol. The van der Waals surface area contributed by atoms with E-state index in [-0.39, 0.29) is 28.7 Å². The van der Waals surface area contributed by atoms with E-state index in [1.54, 1.807) is 7.11 Å². The number of nitrogens with zero attached hydrogens (tertiary/aromatic N) is 1. The van der Waals surface area contributed by atoms with Gasteiger partial charge in [-0.1, -0.05) is 25.0 Å². The van der Waals surface area contributed by atoms with Gasteiger partial charge in [0.15, 0.2) is 0 Å². The number of hydrogen-bond acceptors (Lipinski definition) is 3. The van der Waals surface area contributed by atoms with Gasteiger partial charge in [-0.15, -0.1) is 0 Å². The zero-order valence-corrected chi connectivity index (χ0v) is 17.4. The van der Waals surface area contributed by atoms with Crippen LogP contribution in [0.25, 0.3) is 0 Å². The molecule has 0 spiro atoms. The minimum absolute atomic E-state index is 0.0888. The molecular weight excluding hydrogens is 364 g/mol. The summed E-state index contributed by atoms with van der Waals surface area (Å²) in [5.74, 6) is 2.37. The number of rotatable bonds is 7. The van der Waals surface area contributed by atoms with E-state index >= 15 is 0 Å². The van der Waals surface area contributed by atoms with Gasteiger partial charge in [0.05, 0.1) is 12.5 Å². The Bertz CT molecular complexity index is 783. The van der Waals surface area contributed by atoms with Crippen molar-refractivity contribution in [2.45, 2.75) is 68.7 Å². The van der Waals surface area contributed by atoms with Crippen LogP contribution in [0.3, 0.4) is 0 Å². The van der Waals surface area contributed by atoms with Crippen LogP contribution in [0.1, 0.15) is 63.4 Å². The molecule has 2 amide bonds. The predicted octanol–water partition coefficient (Wildman–Crippen LogP) is 3.41. The average Bonchev–Trinajstić information content (AvgIpc) is 3.59. The number of nitrogens with one attached hydrogen (secondary N) is 1. The highest BCUT2D eigenvalue weighted by molar-refractivity contribution is 5.91. The zero-order valence-electron chi connectivity index (χ0n) is 17.4. The molecule has 0 radical (unpaired) electrons. The van der Waals surface area contributed by atoms with Gasteiger partial charge in [-0.05, 0) is 68.6 Å². The molecule has 29 heavy (non-hydrogen) atoms. The largest absolute Gasteiger partial charge is 0.497 e. The molecule has 5 heteroatoms. The molecule has 1 N–H and O–H groups in total. The molecule has 1 aromatic rings. The molecule has 4 fully saturated rings. The van der Waals surface area contributed by atoms with Crippen molar-refractivity contribution >= 4 is 11.8 Å². The van der Waals surface area contributed by atoms with Crippen molar-refractivity contribution in [1.82, 2.24) is 10.2 Å².